The average molecular weight is 392 g/mol. The third kappa shape index (κ3) is 4.43. The summed E-state index contributed by atoms with van der Waals surface area (Å²) in [5.41, 5.74) is 0.919. The highest BCUT2D eigenvalue weighted by molar-refractivity contribution is 6.34. The molecular weight excluding hydrogens is 366 g/mol. The lowest BCUT2D eigenvalue weighted by atomic mass is 9.94. The Labute approximate surface area is 164 Å². The number of rotatable bonds is 4. The minimum atomic E-state index is -0.346. The van der Waals surface area contributed by atoms with E-state index in [4.69, 9.17) is 11.6 Å². The second-order valence-corrected chi connectivity index (χ2v) is 8.03. The summed E-state index contributed by atoms with van der Waals surface area (Å²) < 4.78 is 0. The normalized spacial score (nSPS) is 20.6. The second-order valence-electron chi connectivity index (χ2n) is 7.62. The fraction of sp³-hybridized carbons (Fsp3) is 0.550. The molecule has 0 aromatic heterocycles. The Kier molecular flexibility index (Phi) is 6.05. The van der Waals surface area contributed by atoms with E-state index in [0.29, 0.717) is 17.8 Å². The van der Waals surface area contributed by atoms with Crippen LogP contribution < -0.4 is 5.32 Å². The maximum Gasteiger partial charge on any atom is 0.254 e. The minimum absolute atomic E-state index is 0.0759. The van der Waals surface area contributed by atoms with Crippen LogP contribution >= 0.6 is 11.6 Å². The van der Waals surface area contributed by atoms with Crippen LogP contribution in [0.15, 0.2) is 18.2 Å². The van der Waals surface area contributed by atoms with Gasteiger partial charge >= 0.3 is 0 Å². The molecule has 2 aliphatic rings. The van der Waals surface area contributed by atoms with Crippen molar-refractivity contribution in [2.45, 2.75) is 44.6 Å². The number of carbonyl (C=O) groups is 3. The van der Waals surface area contributed by atoms with E-state index >= 15 is 0 Å². The van der Waals surface area contributed by atoms with E-state index in [1.165, 1.54) is 11.3 Å². The summed E-state index contributed by atoms with van der Waals surface area (Å²) in [5.74, 6) is -0.639. The van der Waals surface area contributed by atoms with E-state index in [1.54, 1.807) is 32.3 Å². The summed E-state index contributed by atoms with van der Waals surface area (Å²) in [4.78, 5) is 40.4. The summed E-state index contributed by atoms with van der Waals surface area (Å²) in [5, 5.41) is 3.13. The molecular formula is C20H26ClN3O3. The molecule has 3 amide bonds. The predicted molar refractivity (Wildman–Crippen MR) is 105 cm³/mol. The van der Waals surface area contributed by atoms with Crippen molar-refractivity contribution in [2.24, 2.45) is 5.92 Å². The topological polar surface area (TPSA) is 69.7 Å². The van der Waals surface area contributed by atoms with E-state index in [2.05, 4.69) is 5.32 Å². The van der Waals surface area contributed by atoms with Crippen LogP contribution in [0.1, 0.15) is 48.9 Å². The number of nitrogens with zero attached hydrogens (tertiary/aromatic N) is 2. The van der Waals surface area contributed by atoms with Crippen molar-refractivity contribution >= 4 is 35.0 Å². The highest BCUT2D eigenvalue weighted by atomic mass is 35.5. The number of anilines is 1. The Morgan fingerprint density at radius 3 is 2.52 bits per heavy atom. The third-order valence-electron chi connectivity index (χ3n) is 5.42. The van der Waals surface area contributed by atoms with Gasteiger partial charge in [0, 0.05) is 38.8 Å². The molecule has 6 nitrogen and oxygen atoms in total. The van der Waals surface area contributed by atoms with Crippen LogP contribution in [-0.4, -0.2) is 54.2 Å². The molecule has 27 heavy (non-hydrogen) atoms. The van der Waals surface area contributed by atoms with Crippen LogP contribution in [0.2, 0.25) is 5.02 Å². The molecule has 1 atom stereocenters. The van der Waals surface area contributed by atoms with Gasteiger partial charge in [-0.25, -0.2) is 0 Å². The number of carbonyl (C=O) groups excluding carboxylic acids is 3. The Bertz CT molecular complexity index is 744. The average Bonchev–Trinajstić information content (AvgIpc) is 3.04. The minimum Gasteiger partial charge on any atom is -0.345 e. The molecule has 0 radical (unpaired) electrons. The maximum atomic E-state index is 12.6. The van der Waals surface area contributed by atoms with E-state index < -0.39 is 0 Å². The first kappa shape index (κ1) is 19.7. The van der Waals surface area contributed by atoms with E-state index in [-0.39, 0.29) is 41.1 Å². The molecule has 0 bridgehead atoms. The number of nitrogens with one attached hydrogen (secondary N) is 1. The Hall–Kier alpha value is -2.08. The molecule has 1 aromatic rings. The van der Waals surface area contributed by atoms with Gasteiger partial charge in [0.25, 0.3) is 5.91 Å². The molecule has 146 valence electrons. The molecule has 1 saturated heterocycles. The Balaban J connectivity index is 1.63. The first-order valence-electron chi connectivity index (χ1n) is 9.48. The Morgan fingerprint density at radius 1 is 1.19 bits per heavy atom. The molecule has 0 spiro atoms. The quantitative estimate of drug-likeness (QED) is 0.857. The molecule has 1 heterocycles. The largest absolute Gasteiger partial charge is 0.345 e. The number of amides is 3. The zero-order chi connectivity index (χ0) is 19.6. The van der Waals surface area contributed by atoms with Crippen LogP contribution in [0.25, 0.3) is 0 Å². The predicted octanol–water partition coefficient (Wildman–Crippen LogP) is 3.16. The van der Waals surface area contributed by atoms with Gasteiger partial charge in [0.15, 0.2) is 0 Å². The summed E-state index contributed by atoms with van der Waals surface area (Å²) in [6, 6.07) is 5.13. The van der Waals surface area contributed by atoms with Crippen LogP contribution in [0, 0.1) is 5.92 Å². The first-order valence-corrected chi connectivity index (χ1v) is 9.86. The number of hydrogen-bond donors (Lipinski definition) is 1. The smallest absolute Gasteiger partial charge is 0.254 e. The molecule has 1 aliphatic heterocycles. The van der Waals surface area contributed by atoms with Gasteiger partial charge < -0.3 is 15.1 Å². The van der Waals surface area contributed by atoms with Crippen molar-refractivity contribution in [1.29, 1.82) is 0 Å². The molecule has 2 fully saturated rings. The molecule has 1 aliphatic carbocycles. The number of likely N-dealkylation sites (tertiary alicyclic amines) is 1. The van der Waals surface area contributed by atoms with Crippen LogP contribution in [0.3, 0.4) is 0 Å². The second kappa shape index (κ2) is 8.30. The monoisotopic (exact) mass is 391 g/mol. The zero-order valence-corrected chi connectivity index (χ0v) is 16.6. The van der Waals surface area contributed by atoms with Gasteiger partial charge in [-0.1, -0.05) is 30.9 Å². The number of benzene rings is 1. The third-order valence-corrected chi connectivity index (χ3v) is 5.73. The number of hydrogen-bond acceptors (Lipinski definition) is 3. The van der Waals surface area contributed by atoms with Crippen LogP contribution in [0.4, 0.5) is 5.69 Å². The molecule has 1 saturated carbocycles. The molecule has 7 heteroatoms. The number of halogens is 1. The van der Waals surface area contributed by atoms with Crippen molar-refractivity contribution in [3.8, 4) is 0 Å². The standard InChI is InChI=1S/C20H26ClN3O3/c1-23(2)20(27)16-9-8-14(11-17(16)21)22-19(26)13-10-18(25)24(12-13)15-6-4-3-5-7-15/h8-9,11,13,15H,3-7,10,12H2,1-2H3,(H,22,26). The highest BCUT2D eigenvalue weighted by Crippen LogP contribution is 2.29. The summed E-state index contributed by atoms with van der Waals surface area (Å²) in [6.07, 6.45) is 5.88. The fourth-order valence-electron chi connectivity index (χ4n) is 3.90. The van der Waals surface area contributed by atoms with Crippen molar-refractivity contribution < 1.29 is 14.4 Å². The fourth-order valence-corrected chi connectivity index (χ4v) is 4.17. The van der Waals surface area contributed by atoms with Crippen LogP contribution in [-0.2, 0) is 9.59 Å². The van der Waals surface area contributed by atoms with Crippen molar-refractivity contribution in [3.63, 3.8) is 0 Å². The maximum absolute atomic E-state index is 12.6. The summed E-state index contributed by atoms with van der Waals surface area (Å²) in [7, 11) is 3.31. The molecule has 1 N–H and O–H groups in total. The van der Waals surface area contributed by atoms with E-state index in [9.17, 15) is 14.4 Å². The Morgan fingerprint density at radius 2 is 1.89 bits per heavy atom. The van der Waals surface area contributed by atoms with Gasteiger partial charge in [-0.05, 0) is 31.0 Å². The van der Waals surface area contributed by atoms with Crippen molar-refractivity contribution in [2.75, 3.05) is 26.0 Å². The van der Waals surface area contributed by atoms with Gasteiger partial charge in [-0.2, -0.15) is 0 Å². The lowest BCUT2D eigenvalue weighted by Gasteiger charge is -2.31. The molecule has 1 aromatic carbocycles. The zero-order valence-electron chi connectivity index (χ0n) is 15.8. The molecule has 1 unspecified atom stereocenters. The first-order chi connectivity index (χ1) is 12.9. The van der Waals surface area contributed by atoms with Crippen molar-refractivity contribution in [3.05, 3.63) is 28.8 Å². The van der Waals surface area contributed by atoms with E-state index in [0.717, 1.165) is 25.7 Å². The van der Waals surface area contributed by atoms with E-state index in [1.807, 2.05) is 4.90 Å². The lowest BCUT2D eigenvalue weighted by Crippen LogP contribution is -2.38. The van der Waals surface area contributed by atoms with Gasteiger partial charge in [0.2, 0.25) is 11.8 Å². The summed E-state index contributed by atoms with van der Waals surface area (Å²) >= 11 is 6.20. The van der Waals surface area contributed by atoms with Gasteiger partial charge in [0.1, 0.15) is 0 Å². The van der Waals surface area contributed by atoms with Gasteiger partial charge in [-0.15, -0.1) is 0 Å². The van der Waals surface area contributed by atoms with Gasteiger partial charge in [-0.3, -0.25) is 14.4 Å². The van der Waals surface area contributed by atoms with Crippen molar-refractivity contribution in [1.82, 2.24) is 9.80 Å². The van der Waals surface area contributed by atoms with Gasteiger partial charge in [0.05, 0.1) is 16.5 Å². The molecule has 3 rings (SSSR count). The lowest BCUT2D eigenvalue weighted by molar-refractivity contribution is -0.130. The van der Waals surface area contributed by atoms with Crippen LogP contribution in [0.5, 0.6) is 0 Å². The SMILES string of the molecule is CN(C)C(=O)c1ccc(NC(=O)C2CC(=O)N(C3CCCCC3)C2)cc1Cl. The summed E-state index contributed by atoms with van der Waals surface area (Å²) in [6.45, 7) is 0.486. The highest BCUT2D eigenvalue weighted by Gasteiger charge is 2.38.